The van der Waals surface area contributed by atoms with Gasteiger partial charge in [0.05, 0.1) is 5.01 Å². The van der Waals surface area contributed by atoms with Gasteiger partial charge < -0.3 is 0 Å². The maximum atomic E-state index is 4.27. The summed E-state index contributed by atoms with van der Waals surface area (Å²) in [5.74, 6) is 0.963. The fourth-order valence-electron chi connectivity index (χ4n) is 1.33. The van der Waals surface area contributed by atoms with Crippen molar-refractivity contribution in [3.8, 4) is 0 Å². The van der Waals surface area contributed by atoms with E-state index >= 15 is 0 Å². The van der Waals surface area contributed by atoms with Gasteiger partial charge in [0.15, 0.2) is 0 Å². The van der Waals surface area contributed by atoms with E-state index in [9.17, 15) is 0 Å². The first-order chi connectivity index (χ1) is 5.86. The number of aromatic nitrogens is 1. The van der Waals surface area contributed by atoms with Crippen LogP contribution in [0.1, 0.15) is 24.3 Å². The predicted molar refractivity (Wildman–Crippen MR) is 55.9 cm³/mol. The minimum Gasteiger partial charge on any atom is -0.250 e. The highest BCUT2D eigenvalue weighted by molar-refractivity contribution is 9.09. The average Bonchev–Trinajstić information content (AvgIpc) is 2.80. The molecule has 12 heavy (non-hydrogen) atoms. The Bertz CT molecular complexity index is 231. The molecular weight excluding hydrogens is 234 g/mol. The zero-order valence-corrected chi connectivity index (χ0v) is 9.27. The van der Waals surface area contributed by atoms with E-state index in [0.29, 0.717) is 0 Å². The highest BCUT2D eigenvalue weighted by Crippen LogP contribution is 2.38. The van der Waals surface area contributed by atoms with E-state index in [1.165, 1.54) is 24.3 Å². The zero-order valence-electron chi connectivity index (χ0n) is 6.87. The van der Waals surface area contributed by atoms with Crippen LogP contribution in [0.15, 0.2) is 11.6 Å². The average molecular weight is 246 g/mol. The lowest BCUT2D eigenvalue weighted by Gasteiger charge is -2.04. The Morgan fingerprint density at radius 3 is 3.08 bits per heavy atom. The van der Waals surface area contributed by atoms with Crippen molar-refractivity contribution in [1.82, 2.24) is 4.98 Å². The van der Waals surface area contributed by atoms with Gasteiger partial charge in [-0.15, -0.1) is 11.3 Å². The van der Waals surface area contributed by atoms with Crippen molar-refractivity contribution >= 4 is 27.3 Å². The molecule has 1 atom stereocenters. The van der Waals surface area contributed by atoms with E-state index in [0.717, 1.165) is 17.2 Å². The summed E-state index contributed by atoms with van der Waals surface area (Å²) in [5.41, 5.74) is 0. The second-order valence-electron chi connectivity index (χ2n) is 3.32. The Morgan fingerprint density at radius 1 is 1.67 bits per heavy atom. The van der Waals surface area contributed by atoms with Crippen LogP contribution in [0.2, 0.25) is 0 Å². The van der Waals surface area contributed by atoms with Crippen molar-refractivity contribution in [2.45, 2.75) is 30.5 Å². The molecule has 0 aromatic carbocycles. The molecule has 0 aliphatic heterocycles. The van der Waals surface area contributed by atoms with Gasteiger partial charge in [-0.05, 0) is 25.2 Å². The molecule has 0 saturated heterocycles. The van der Waals surface area contributed by atoms with Gasteiger partial charge in [-0.2, -0.15) is 0 Å². The second-order valence-corrected chi connectivity index (χ2v) is 5.47. The quantitative estimate of drug-likeness (QED) is 0.743. The molecule has 3 heteroatoms. The van der Waals surface area contributed by atoms with Crippen LogP contribution in [0.5, 0.6) is 0 Å². The summed E-state index contributed by atoms with van der Waals surface area (Å²) in [7, 11) is 0. The highest BCUT2D eigenvalue weighted by Gasteiger charge is 2.28. The molecule has 1 nitrogen and oxygen atoms in total. The summed E-state index contributed by atoms with van der Waals surface area (Å²) in [4.78, 5) is 5.00. The van der Waals surface area contributed by atoms with Crippen molar-refractivity contribution in [3.05, 3.63) is 16.6 Å². The third-order valence-corrected chi connectivity index (χ3v) is 4.30. The Hall–Kier alpha value is 0.110. The molecule has 1 saturated carbocycles. The third kappa shape index (κ3) is 2.30. The Morgan fingerprint density at radius 2 is 2.50 bits per heavy atom. The van der Waals surface area contributed by atoms with Crippen LogP contribution >= 0.6 is 27.3 Å². The standard InChI is InChI=1S/C9H12BrNS/c10-8(7-1-2-7)3-4-9-11-5-6-12-9/h5-8H,1-4H2. The minimum atomic E-state index is 0.737. The number of alkyl halides is 1. The third-order valence-electron chi connectivity index (χ3n) is 2.25. The lowest BCUT2D eigenvalue weighted by Crippen LogP contribution is -2.01. The summed E-state index contributed by atoms with van der Waals surface area (Å²) >= 11 is 5.49. The lowest BCUT2D eigenvalue weighted by atomic mass is 10.2. The van der Waals surface area contributed by atoms with Gasteiger partial charge in [-0.1, -0.05) is 15.9 Å². The number of halogens is 1. The molecule has 0 radical (unpaired) electrons. The van der Waals surface area contributed by atoms with Crippen LogP contribution in [0.3, 0.4) is 0 Å². The number of nitrogens with zero attached hydrogens (tertiary/aromatic N) is 1. The second kappa shape index (κ2) is 3.88. The van der Waals surface area contributed by atoms with E-state index in [2.05, 4.69) is 26.3 Å². The Labute approximate surface area is 85.3 Å². The molecule has 1 heterocycles. The molecule has 0 amide bonds. The largest absolute Gasteiger partial charge is 0.250 e. The number of thiazole rings is 1. The van der Waals surface area contributed by atoms with Crippen molar-refractivity contribution in [2.24, 2.45) is 5.92 Å². The SMILES string of the molecule is BrC(CCc1nccs1)C1CC1. The highest BCUT2D eigenvalue weighted by atomic mass is 79.9. The summed E-state index contributed by atoms with van der Waals surface area (Å²) in [6.45, 7) is 0. The van der Waals surface area contributed by atoms with Gasteiger partial charge in [0.1, 0.15) is 0 Å². The molecule has 1 fully saturated rings. The first kappa shape index (κ1) is 8.70. The van der Waals surface area contributed by atoms with E-state index in [1.54, 1.807) is 11.3 Å². The monoisotopic (exact) mass is 245 g/mol. The first-order valence-electron chi connectivity index (χ1n) is 4.38. The molecule has 2 rings (SSSR count). The van der Waals surface area contributed by atoms with Crippen molar-refractivity contribution in [3.63, 3.8) is 0 Å². The predicted octanol–water partition coefficient (Wildman–Crippen LogP) is 3.25. The molecule has 1 aromatic rings. The molecule has 1 unspecified atom stereocenters. The summed E-state index contributed by atoms with van der Waals surface area (Å²) in [6.07, 6.45) is 7.13. The topological polar surface area (TPSA) is 12.9 Å². The van der Waals surface area contributed by atoms with E-state index < -0.39 is 0 Å². The molecule has 1 aliphatic carbocycles. The molecular formula is C9H12BrNS. The summed E-state index contributed by atoms with van der Waals surface area (Å²) in [6, 6.07) is 0. The Kier molecular flexibility index (Phi) is 2.81. The fraction of sp³-hybridized carbons (Fsp3) is 0.667. The molecule has 66 valence electrons. The van der Waals surface area contributed by atoms with Gasteiger partial charge in [0.2, 0.25) is 0 Å². The molecule has 1 aromatic heterocycles. The van der Waals surface area contributed by atoms with Gasteiger partial charge in [-0.3, -0.25) is 0 Å². The van der Waals surface area contributed by atoms with Crippen LogP contribution in [0.4, 0.5) is 0 Å². The van der Waals surface area contributed by atoms with Gasteiger partial charge >= 0.3 is 0 Å². The number of hydrogen-bond acceptors (Lipinski definition) is 2. The van der Waals surface area contributed by atoms with Gasteiger partial charge in [0.25, 0.3) is 0 Å². The van der Waals surface area contributed by atoms with Gasteiger partial charge in [-0.25, -0.2) is 4.98 Å². The van der Waals surface area contributed by atoms with E-state index in [-0.39, 0.29) is 0 Å². The van der Waals surface area contributed by atoms with E-state index in [1.807, 2.05) is 6.20 Å². The Balaban J connectivity index is 1.74. The number of hydrogen-bond donors (Lipinski definition) is 0. The van der Waals surface area contributed by atoms with Crippen LogP contribution in [0, 0.1) is 5.92 Å². The number of rotatable bonds is 4. The maximum absolute atomic E-state index is 4.27. The van der Waals surface area contributed by atoms with Crippen LogP contribution in [0.25, 0.3) is 0 Å². The molecule has 1 aliphatic rings. The van der Waals surface area contributed by atoms with Crippen LogP contribution in [-0.4, -0.2) is 9.81 Å². The zero-order chi connectivity index (χ0) is 8.39. The smallest absolute Gasteiger partial charge is 0.0925 e. The van der Waals surface area contributed by atoms with Crippen molar-refractivity contribution in [2.75, 3.05) is 0 Å². The fourth-order valence-corrected chi connectivity index (χ4v) is 2.73. The normalized spacial score (nSPS) is 19.4. The minimum absolute atomic E-state index is 0.737. The van der Waals surface area contributed by atoms with E-state index in [4.69, 9.17) is 0 Å². The van der Waals surface area contributed by atoms with Gasteiger partial charge in [0, 0.05) is 22.8 Å². The summed E-state index contributed by atoms with van der Waals surface area (Å²) < 4.78 is 0. The van der Waals surface area contributed by atoms with Crippen LogP contribution < -0.4 is 0 Å². The number of aryl methyl sites for hydroxylation is 1. The molecule has 0 spiro atoms. The lowest BCUT2D eigenvalue weighted by molar-refractivity contribution is 0.694. The first-order valence-corrected chi connectivity index (χ1v) is 6.18. The van der Waals surface area contributed by atoms with Crippen molar-refractivity contribution < 1.29 is 0 Å². The maximum Gasteiger partial charge on any atom is 0.0925 e. The summed E-state index contributed by atoms with van der Waals surface area (Å²) in [5, 5.41) is 3.33. The van der Waals surface area contributed by atoms with Crippen LogP contribution in [-0.2, 0) is 6.42 Å². The van der Waals surface area contributed by atoms with Crippen molar-refractivity contribution in [1.29, 1.82) is 0 Å². The molecule has 0 N–H and O–H groups in total. The molecule has 0 bridgehead atoms.